The van der Waals surface area contributed by atoms with Crippen LogP contribution in [0.25, 0.3) is 16.9 Å². The lowest BCUT2D eigenvalue weighted by molar-refractivity contribution is -0.116. The van der Waals surface area contributed by atoms with Crippen LogP contribution in [0.3, 0.4) is 0 Å². The van der Waals surface area contributed by atoms with E-state index in [4.69, 9.17) is 14.8 Å². The van der Waals surface area contributed by atoms with Gasteiger partial charge in [0.15, 0.2) is 11.5 Å². The maximum Gasteiger partial charge on any atom is 0.224 e. The molecule has 0 saturated heterocycles. The molecule has 1 amide bonds. The van der Waals surface area contributed by atoms with E-state index in [0.29, 0.717) is 26.0 Å². The Balaban J connectivity index is 1.45. The summed E-state index contributed by atoms with van der Waals surface area (Å²) in [4.78, 5) is 17.1. The van der Waals surface area contributed by atoms with Crippen molar-refractivity contribution < 1.29 is 9.53 Å². The molecule has 0 aliphatic carbocycles. The Morgan fingerprint density at radius 1 is 1.13 bits per heavy atom. The number of nitrogens with zero attached hydrogens (tertiary/aromatic N) is 4. The fourth-order valence-corrected chi connectivity index (χ4v) is 3.72. The Hall–Kier alpha value is -3.61. The highest BCUT2D eigenvalue weighted by molar-refractivity contribution is 5.90. The highest BCUT2D eigenvalue weighted by Crippen LogP contribution is 2.25. The van der Waals surface area contributed by atoms with Gasteiger partial charge in [-0.1, -0.05) is 0 Å². The first-order valence-corrected chi connectivity index (χ1v) is 10.6. The first kappa shape index (κ1) is 20.7. The third-order valence-corrected chi connectivity index (χ3v) is 5.08. The number of ether oxygens (including phenoxy) is 1. The summed E-state index contributed by atoms with van der Waals surface area (Å²) in [7, 11) is 0. The second-order valence-corrected chi connectivity index (χ2v) is 7.53. The number of hydrogen-bond acceptors (Lipinski definition) is 4. The normalized spacial score (nSPS) is 11.1. The summed E-state index contributed by atoms with van der Waals surface area (Å²) in [6.07, 6.45) is 5.03. The monoisotopic (exact) mass is 417 g/mol. The molecule has 0 atom stereocenters. The quantitative estimate of drug-likeness (QED) is 0.453. The van der Waals surface area contributed by atoms with Gasteiger partial charge in [0.2, 0.25) is 5.91 Å². The Morgan fingerprint density at radius 3 is 2.58 bits per heavy atom. The summed E-state index contributed by atoms with van der Waals surface area (Å²) in [5, 5.41) is 8.79. The molecule has 7 nitrogen and oxygen atoms in total. The molecule has 0 fully saturated rings. The van der Waals surface area contributed by atoms with Gasteiger partial charge in [0.25, 0.3) is 0 Å². The van der Waals surface area contributed by atoms with E-state index in [0.717, 1.165) is 39.5 Å². The number of anilines is 1. The van der Waals surface area contributed by atoms with Crippen LogP contribution in [0.4, 0.5) is 5.69 Å². The molecule has 0 aliphatic heterocycles. The molecule has 1 N–H and O–H groups in total. The van der Waals surface area contributed by atoms with E-state index in [1.165, 1.54) is 0 Å². The fraction of sp³-hybridized carbons (Fsp3) is 0.292. The molecule has 7 heteroatoms. The lowest BCUT2D eigenvalue weighted by Crippen LogP contribution is -2.13. The molecule has 160 valence electrons. The van der Waals surface area contributed by atoms with Crippen LogP contribution < -0.4 is 10.1 Å². The van der Waals surface area contributed by atoms with E-state index in [9.17, 15) is 4.79 Å². The smallest absolute Gasteiger partial charge is 0.224 e. The van der Waals surface area contributed by atoms with Gasteiger partial charge in [-0.2, -0.15) is 5.10 Å². The minimum Gasteiger partial charge on any atom is -0.494 e. The zero-order valence-corrected chi connectivity index (χ0v) is 18.1. The average molecular weight is 418 g/mol. The predicted molar refractivity (Wildman–Crippen MR) is 122 cm³/mol. The minimum absolute atomic E-state index is 0.0217. The molecule has 4 aromatic rings. The van der Waals surface area contributed by atoms with Crippen molar-refractivity contribution in [3.8, 4) is 11.6 Å². The second-order valence-electron chi connectivity index (χ2n) is 7.53. The van der Waals surface area contributed by atoms with Crippen molar-refractivity contribution >= 4 is 22.6 Å². The van der Waals surface area contributed by atoms with Gasteiger partial charge in [-0.05, 0) is 75.2 Å². The van der Waals surface area contributed by atoms with Gasteiger partial charge in [0.1, 0.15) is 5.75 Å². The van der Waals surface area contributed by atoms with Gasteiger partial charge in [0.05, 0.1) is 12.0 Å². The van der Waals surface area contributed by atoms with Gasteiger partial charge in [-0.25, -0.2) is 9.67 Å². The van der Waals surface area contributed by atoms with Crippen molar-refractivity contribution in [3.63, 3.8) is 0 Å². The summed E-state index contributed by atoms with van der Waals surface area (Å²) >= 11 is 0. The summed E-state index contributed by atoms with van der Waals surface area (Å²) < 4.78 is 9.34. The maximum atomic E-state index is 12.4. The number of carbonyl (C=O) groups excluding carboxylic acids is 1. The van der Waals surface area contributed by atoms with Crippen LogP contribution in [0.5, 0.6) is 5.75 Å². The highest BCUT2D eigenvalue weighted by atomic mass is 16.5. The number of pyridine rings is 1. The Labute approximate surface area is 181 Å². The van der Waals surface area contributed by atoms with Crippen molar-refractivity contribution in [1.29, 1.82) is 0 Å². The number of fused-ring (bicyclic) bond motifs is 1. The number of aryl methyl sites for hydroxylation is 3. The molecular weight excluding hydrogens is 390 g/mol. The van der Waals surface area contributed by atoms with Crippen LogP contribution >= 0.6 is 0 Å². The number of hydrogen-bond donors (Lipinski definition) is 1. The van der Waals surface area contributed by atoms with Crippen LogP contribution in [-0.2, 0) is 11.3 Å². The molecule has 0 spiro atoms. The highest BCUT2D eigenvalue weighted by Gasteiger charge is 2.16. The van der Waals surface area contributed by atoms with E-state index >= 15 is 0 Å². The predicted octanol–water partition coefficient (Wildman–Crippen LogP) is 4.66. The van der Waals surface area contributed by atoms with E-state index in [1.54, 1.807) is 0 Å². The molecule has 0 bridgehead atoms. The van der Waals surface area contributed by atoms with Crippen LogP contribution in [0.1, 0.15) is 31.0 Å². The Morgan fingerprint density at radius 2 is 1.87 bits per heavy atom. The first-order valence-electron chi connectivity index (χ1n) is 10.6. The number of aromatic nitrogens is 4. The van der Waals surface area contributed by atoms with E-state index in [2.05, 4.69) is 18.3 Å². The third-order valence-electron chi connectivity index (χ3n) is 5.08. The SMILES string of the molecule is CCOc1ccc(NC(=O)CCCn2nc(-n3cccc3)c3c(C)cc(C)nc32)cc1. The van der Waals surface area contributed by atoms with E-state index in [1.807, 2.05) is 71.9 Å². The van der Waals surface area contributed by atoms with Gasteiger partial charge in [-0.3, -0.25) is 4.79 Å². The summed E-state index contributed by atoms with van der Waals surface area (Å²) in [6, 6.07) is 13.4. The topological polar surface area (TPSA) is 74.0 Å². The summed E-state index contributed by atoms with van der Waals surface area (Å²) in [5.41, 5.74) is 3.72. The number of carbonyl (C=O) groups is 1. The molecule has 0 saturated carbocycles. The number of amides is 1. The number of rotatable bonds is 8. The Bertz CT molecular complexity index is 1180. The molecule has 3 heterocycles. The molecule has 0 unspecified atom stereocenters. The van der Waals surface area contributed by atoms with Gasteiger partial charge < -0.3 is 14.6 Å². The van der Waals surface area contributed by atoms with Crippen LogP contribution in [-0.4, -0.2) is 31.8 Å². The summed E-state index contributed by atoms with van der Waals surface area (Å²) in [5.74, 6) is 1.64. The standard InChI is InChI=1S/C24H27N5O2/c1-4-31-20-11-9-19(10-12-20)26-21(30)8-7-15-29-23-22(17(2)16-18(3)25-23)24(27-29)28-13-5-6-14-28/h5-6,9-14,16H,4,7-8,15H2,1-3H3,(H,26,30). The molecule has 31 heavy (non-hydrogen) atoms. The molecule has 3 aromatic heterocycles. The summed E-state index contributed by atoms with van der Waals surface area (Å²) in [6.45, 7) is 7.25. The van der Waals surface area contributed by atoms with Crippen LogP contribution in [0.15, 0.2) is 54.9 Å². The van der Waals surface area contributed by atoms with Gasteiger partial charge in [0, 0.05) is 36.7 Å². The van der Waals surface area contributed by atoms with Crippen molar-refractivity contribution in [2.45, 2.75) is 40.2 Å². The average Bonchev–Trinajstić information content (AvgIpc) is 3.38. The van der Waals surface area contributed by atoms with Crippen LogP contribution in [0.2, 0.25) is 0 Å². The molecule has 0 aliphatic rings. The zero-order valence-electron chi connectivity index (χ0n) is 18.1. The van der Waals surface area contributed by atoms with E-state index < -0.39 is 0 Å². The van der Waals surface area contributed by atoms with Crippen molar-refractivity contribution in [2.24, 2.45) is 0 Å². The third kappa shape index (κ3) is 4.60. The molecule has 0 radical (unpaired) electrons. The van der Waals surface area contributed by atoms with E-state index in [-0.39, 0.29) is 5.91 Å². The number of nitrogens with one attached hydrogen (secondary N) is 1. The van der Waals surface area contributed by atoms with Crippen molar-refractivity contribution in [3.05, 3.63) is 66.1 Å². The molecule has 4 rings (SSSR count). The fourth-order valence-electron chi connectivity index (χ4n) is 3.72. The largest absolute Gasteiger partial charge is 0.494 e. The second kappa shape index (κ2) is 9.04. The lowest BCUT2D eigenvalue weighted by Gasteiger charge is -2.08. The van der Waals surface area contributed by atoms with Gasteiger partial charge >= 0.3 is 0 Å². The lowest BCUT2D eigenvalue weighted by atomic mass is 10.2. The van der Waals surface area contributed by atoms with Gasteiger partial charge in [-0.15, -0.1) is 0 Å². The molecule has 1 aromatic carbocycles. The van der Waals surface area contributed by atoms with Crippen molar-refractivity contribution in [2.75, 3.05) is 11.9 Å². The maximum absolute atomic E-state index is 12.4. The minimum atomic E-state index is -0.0217. The zero-order chi connectivity index (χ0) is 21.8. The van der Waals surface area contributed by atoms with Crippen molar-refractivity contribution in [1.82, 2.24) is 19.3 Å². The first-order chi connectivity index (χ1) is 15.0. The Kier molecular flexibility index (Phi) is 6.02. The van der Waals surface area contributed by atoms with Crippen LogP contribution in [0, 0.1) is 13.8 Å². The number of benzene rings is 1. The molecular formula is C24H27N5O2.